The Kier molecular flexibility index (Phi) is 5.27. The Morgan fingerprint density at radius 3 is 2.65 bits per heavy atom. The van der Waals surface area contributed by atoms with E-state index in [-0.39, 0.29) is 11.9 Å². The highest BCUT2D eigenvalue weighted by molar-refractivity contribution is 5.76. The second-order valence-corrected chi connectivity index (χ2v) is 6.53. The van der Waals surface area contributed by atoms with E-state index in [0.29, 0.717) is 24.2 Å². The van der Waals surface area contributed by atoms with Crippen molar-refractivity contribution in [3.63, 3.8) is 0 Å². The van der Waals surface area contributed by atoms with Gasteiger partial charge in [-0.25, -0.2) is 0 Å². The first kappa shape index (κ1) is 16.4. The summed E-state index contributed by atoms with van der Waals surface area (Å²) in [5.41, 5.74) is 0. The first-order chi connectivity index (χ1) is 11.2. The van der Waals surface area contributed by atoms with E-state index in [0.717, 1.165) is 52.0 Å². The van der Waals surface area contributed by atoms with Gasteiger partial charge in [0, 0.05) is 51.6 Å². The molecule has 1 saturated carbocycles. The summed E-state index contributed by atoms with van der Waals surface area (Å²) in [6, 6.07) is 0.616. The number of nitrogens with zero attached hydrogens (tertiary/aromatic N) is 4. The summed E-state index contributed by atoms with van der Waals surface area (Å²) in [6.45, 7) is 8.88. The molecule has 0 bridgehead atoms. The molecule has 128 valence electrons. The Morgan fingerprint density at radius 1 is 1.30 bits per heavy atom. The lowest BCUT2D eigenvalue weighted by Crippen LogP contribution is -2.48. The average molecular weight is 321 g/mol. The normalized spacial score (nSPS) is 21.3. The van der Waals surface area contributed by atoms with Gasteiger partial charge in [0.05, 0.1) is 6.04 Å². The van der Waals surface area contributed by atoms with Gasteiger partial charge in [0.2, 0.25) is 17.7 Å². The van der Waals surface area contributed by atoms with Crippen LogP contribution in [-0.2, 0) is 11.2 Å². The number of nitrogens with one attached hydrogen (secondary N) is 1. The lowest BCUT2D eigenvalue weighted by atomic mass is 10.2. The molecule has 1 aromatic rings. The van der Waals surface area contributed by atoms with Crippen LogP contribution in [0.3, 0.4) is 0 Å². The lowest BCUT2D eigenvalue weighted by Gasteiger charge is -2.36. The Morgan fingerprint density at radius 2 is 2.04 bits per heavy atom. The van der Waals surface area contributed by atoms with Crippen molar-refractivity contribution in [2.75, 3.05) is 32.7 Å². The van der Waals surface area contributed by atoms with E-state index < -0.39 is 0 Å². The van der Waals surface area contributed by atoms with Crippen molar-refractivity contribution in [2.45, 2.75) is 51.6 Å². The second kappa shape index (κ2) is 7.40. The van der Waals surface area contributed by atoms with Gasteiger partial charge in [-0.15, -0.1) is 10.2 Å². The zero-order valence-corrected chi connectivity index (χ0v) is 14.1. The number of piperazine rings is 1. The molecule has 0 spiro atoms. The summed E-state index contributed by atoms with van der Waals surface area (Å²) >= 11 is 0. The van der Waals surface area contributed by atoms with Crippen molar-refractivity contribution in [1.29, 1.82) is 0 Å². The molecule has 23 heavy (non-hydrogen) atoms. The number of aromatic nitrogens is 2. The quantitative estimate of drug-likeness (QED) is 0.807. The largest absolute Gasteiger partial charge is 0.424 e. The van der Waals surface area contributed by atoms with Crippen molar-refractivity contribution in [2.24, 2.45) is 0 Å². The van der Waals surface area contributed by atoms with Crippen LogP contribution in [0.15, 0.2) is 4.42 Å². The molecule has 0 radical (unpaired) electrons. The molecule has 7 nitrogen and oxygen atoms in total. The number of carbonyl (C=O) groups is 1. The van der Waals surface area contributed by atoms with Crippen LogP contribution in [0.25, 0.3) is 0 Å². The molecular formula is C16H27N5O2. The highest BCUT2D eigenvalue weighted by Gasteiger charge is 2.26. The third-order valence-corrected chi connectivity index (χ3v) is 4.69. The van der Waals surface area contributed by atoms with Crippen molar-refractivity contribution < 1.29 is 9.21 Å². The van der Waals surface area contributed by atoms with Gasteiger partial charge in [-0.3, -0.25) is 9.69 Å². The van der Waals surface area contributed by atoms with Crippen LogP contribution < -0.4 is 5.32 Å². The first-order valence-corrected chi connectivity index (χ1v) is 8.73. The van der Waals surface area contributed by atoms with Gasteiger partial charge in [0.15, 0.2) is 0 Å². The summed E-state index contributed by atoms with van der Waals surface area (Å²) in [4.78, 5) is 16.5. The number of amides is 1. The van der Waals surface area contributed by atoms with Crippen molar-refractivity contribution in [1.82, 2.24) is 25.3 Å². The first-order valence-electron chi connectivity index (χ1n) is 8.73. The molecule has 2 fully saturated rings. The van der Waals surface area contributed by atoms with Gasteiger partial charge in [-0.05, 0) is 19.8 Å². The number of carbonyl (C=O) groups excluding carboxylic acids is 1. The van der Waals surface area contributed by atoms with Gasteiger partial charge in [-0.2, -0.15) is 0 Å². The Balaban J connectivity index is 1.39. The minimum absolute atomic E-state index is 0.156. The maximum atomic E-state index is 11.7. The summed E-state index contributed by atoms with van der Waals surface area (Å²) in [5.74, 6) is 1.60. The molecule has 1 saturated heterocycles. The monoisotopic (exact) mass is 321 g/mol. The molecule has 7 heteroatoms. The zero-order valence-electron chi connectivity index (χ0n) is 14.1. The summed E-state index contributed by atoms with van der Waals surface area (Å²) < 4.78 is 5.67. The van der Waals surface area contributed by atoms with Crippen LogP contribution in [0.5, 0.6) is 0 Å². The van der Waals surface area contributed by atoms with Crippen LogP contribution in [0.2, 0.25) is 0 Å². The van der Waals surface area contributed by atoms with E-state index in [1.807, 2.05) is 6.92 Å². The molecule has 0 unspecified atom stereocenters. The fourth-order valence-electron chi connectivity index (χ4n) is 2.90. The average Bonchev–Trinajstić information content (AvgIpc) is 3.25. The van der Waals surface area contributed by atoms with Crippen LogP contribution in [0.4, 0.5) is 0 Å². The summed E-state index contributed by atoms with van der Waals surface area (Å²) in [7, 11) is 0. The Hall–Kier alpha value is -1.47. The number of aryl methyl sites for hydroxylation is 1. The van der Waals surface area contributed by atoms with Gasteiger partial charge in [0.1, 0.15) is 0 Å². The van der Waals surface area contributed by atoms with Crippen LogP contribution in [0, 0.1) is 0 Å². The van der Waals surface area contributed by atoms with E-state index in [4.69, 9.17) is 4.42 Å². The summed E-state index contributed by atoms with van der Waals surface area (Å²) in [6.07, 6.45) is 3.68. The molecule has 0 aromatic carbocycles. The Bertz CT molecular complexity index is 520. The lowest BCUT2D eigenvalue weighted by molar-refractivity contribution is -0.121. The molecule has 1 aliphatic carbocycles. The standard InChI is InChI=1S/C16H27N5O2/c1-3-15-18-19-16(23-15)12(2)21-10-8-20(9-11-21)7-6-14(22)17-13-4-5-13/h12-13H,3-11H2,1-2H3,(H,17,22)/t12-/m1/s1. The molecular weight excluding hydrogens is 294 g/mol. The predicted molar refractivity (Wildman–Crippen MR) is 85.9 cm³/mol. The van der Waals surface area contributed by atoms with E-state index in [1.54, 1.807) is 0 Å². The highest BCUT2D eigenvalue weighted by atomic mass is 16.4. The van der Waals surface area contributed by atoms with E-state index in [1.165, 1.54) is 0 Å². The third kappa shape index (κ3) is 4.51. The zero-order chi connectivity index (χ0) is 16.2. The molecule has 1 aliphatic heterocycles. The molecule has 2 heterocycles. The van der Waals surface area contributed by atoms with Gasteiger partial charge < -0.3 is 14.6 Å². The van der Waals surface area contributed by atoms with Crippen LogP contribution >= 0.6 is 0 Å². The second-order valence-electron chi connectivity index (χ2n) is 6.53. The Labute approximate surface area is 137 Å². The minimum atomic E-state index is 0.156. The molecule has 1 amide bonds. The molecule has 3 rings (SSSR count). The van der Waals surface area contributed by atoms with Crippen molar-refractivity contribution in [3.05, 3.63) is 11.8 Å². The van der Waals surface area contributed by atoms with E-state index >= 15 is 0 Å². The SMILES string of the molecule is CCc1nnc([C@@H](C)N2CCN(CCC(=O)NC3CC3)CC2)o1. The third-order valence-electron chi connectivity index (χ3n) is 4.69. The fraction of sp³-hybridized carbons (Fsp3) is 0.812. The maximum Gasteiger partial charge on any atom is 0.233 e. The number of hydrogen-bond donors (Lipinski definition) is 1. The molecule has 1 atom stereocenters. The van der Waals surface area contributed by atoms with Gasteiger partial charge in [-0.1, -0.05) is 6.92 Å². The van der Waals surface area contributed by atoms with Gasteiger partial charge >= 0.3 is 0 Å². The number of rotatable bonds is 7. The van der Waals surface area contributed by atoms with Crippen LogP contribution in [0.1, 0.15) is 50.9 Å². The minimum Gasteiger partial charge on any atom is -0.424 e. The highest BCUT2D eigenvalue weighted by Crippen LogP contribution is 2.21. The fourth-order valence-corrected chi connectivity index (χ4v) is 2.90. The summed E-state index contributed by atoms with van der Waals surface area (Å²) in [5, 5.41) is 11.2. The molecule has 2 aliphatic rings. The van der Waals surface area contributed by atoms with E-state index in [2.05, 4.69) is 32.2 Å². The van der Waals surface area contributed by atoms with E-state index in [9.17, 15) is 4.79 Å². The van der Waals surface area contributed by atoms with Crippen LogP contribution in [-0.4, -0.2) is 64.7 Å². The molecule has 1 N–H and O–H groups in total. The number of hydrogen-bond acceptors (Lipinski definition) is 6. The topological polar surface area (TPSA) is 74.5 Å². The predicted octanol–water partition coefficient (Wildman–Crippen LogP) is 0.979. The smallest absolute Gasteiger partial charge is 0.233 e. The maximum absolute atomic E-state index is 11.7. The van der Waals surface area contributed by atoms with Crippen molar-refractivity contribution in [3.8, 4) is 0 Å². The molecule has 1 aromatic heterocycles. The van der Waals surface area contributed by atoms with Crippen molar-refractivity contribution >= 4 is 5.91 Å². The van der Waals surface area contributed by atoms with Gasteiger partial charge in [0.25, 0.3) is 0 Å².